The van der Waals surface area contributed by atoms with E-state index in [1.807, 2.05) is 0 Å². The minimum absolute atomic E-state index is 0. The molecule has 257 valence electrons. The Morgan fingerprint density at radius 3 is 1.02 bits per heavy atom. The quantitative estimate of drug-likeness (QED) is 0.167. The van der Waals surface area contributed by atoms with Gasteiger partial charge in [-0.15, -0.1) is 0 Å². The number of aromatic nitrogens is 2. The van der Waals surface area contributed by atoms with Gasteiger partial charge in [-0.05, 0) is 95.5 Å². The molecule has 2 heterocycles. The predicted octanol–water partition coefficient (Wildman–Crippen LogP) is 13.5. The SMILES string of the molecule is Cc1cccc(-c2nc(C(C)C)c(C(C)C)c3ccccc23)c1C.Cc1cccc(-c2nc(C(C)C)c(C(C)C)c3ccccc23)c1C.[Ir]. The minimum Gasteiger partial charge on any atom is -0.252 e. The van der Waals surface area contributed by atoms with Crippen LogP contribution in [0.3, 0.4) is 0 Å². The number of fused-ring (bicyclic) bond motifs is 2. The van der Waals surface area contributed by atoms with Gasteiger partial charge in [0, 0.05) is 53.4 Å². The fraction of sp³-hybridized carbons (Fsp3) is 0.348. The third-order valence-electron chi connectivity index (χ3n) is 9.93. The van der Waals surface area contributed by atoms with Crippen molar-refractivity contribution in [1.82, 2.24) is 9.97 Å². The average molecular weight is 827 g/mol. The van der Waals surface area contributed by atoms with Gasteiger partial charge >= 0.3 is 0 Å². The number of pyridine rings is 2. The second-order valence-electron chi connectivity index (χ2n) is 14.7. The largest absolute Gasteiger partial charge is 0.252 e. The number of hydrogen-bond donors (Lipinski definition) is 0. The van der Waals surface area contributed by atoms with Crippen LogP contribution in [-0.2, 0) is 20.1 Å². The molecule has 0 aliphatic heterocycles. The van der Waals surface area contributed by atoms with E-state index in [0.29, 0.717) is 23.7 Å². The topological polar surface area (TPSA) is 25.8 Å². The van der Waals surface area contributed by atoms with Gasteiger partial charge in [-0.3, -0.25) is 9.97 Å². The van der Waals surface area contributed by atoms with Crippen molar-refractivity contribution in [3.05, 3.63) is 130 Å². The molecule has 0 aliphatic carbocycles. The van der Waals surface area contributed by atoms with E-state index in [4.69, 9.17) is 9.97 Å². The maximum atomic E-state index is 5.19. The molecule has 0 atom stereocenters. The summed E-state index contributed by atoms with van der Waals surface area (Å²) in [5, 5.41) is 5.22. The standard InChI is InChI=1S/2C23H27N.Ir/c2*1-14(2)21-19-11-7-8-12-20(19)23(24-22(21)15(3)4)18-13-9-10-16(5)17(18)6;/h2*7-15H,1-6H3;. The van der Waals surface area contributed by atoms with Crippen LogP contribution < -0.4 is 0 Å². The van der Waals surface area contributed by atoms with E-state index >= 15 is 0 Å². The molecule has 0 unspecified atom stereocenters. The molecule has 0 fully saturated rings. The predicted molar refractivity (Wildman–Crippen MR) is 210 cm³/mol. The Morgan fingerprint density at radius 1 is 0.388 bits per heavy atom. The van der Waals surface area contributed by atoms with Crippen molar-refractivity contribution < 1.29 is 20.1 Å². The van der Waals surface area contributed by atoms with Crippen LogP contribution in [0, 0.1) is 27.7 Å². The van der Waals surface area contributed by atoms with Crippen LogP contribution >= 0.6 is 0 Å². The first-order valence-electron chi connectivity index (χ1n) is 17.8. The van der Waals surface area contributed by atoms with Crippen LogP contribution in [0.25, 0.3) is 44.1 Å². The summed E-state index contributed by atoms with van der Waals surface area (Å²) in [7, 11) is 0. The smallest absolute Gasteiger partial charge is 0.0786 e. The van der Waals surface area contributed by atoms with E-state index in [1.54, 1.807) is 0 Å². The van der Waals surface area contributed by atoms with Crippen LogP contribution in [0.4, 0.5) is 0 Å². The summed E-state index contributed by atoms with van der Waals surface area (Å²) in [6.07, 6.45) is 0. The maximum Gasteiger partial charge on any atom is 0.0786 e. The van der Waals surface area contributed by atoms with Gasteiger partial charge in [0.15, 0.2) is 0 Å². The number of hydrogen-bond acceptors (Lipinski definition) is 2. The zero-order valence-corrected chi connectivity index (χ0v) is 34.0. The Labute approximate surface area is 309 Å². The van der Waals surface area contributed by atoms with Gasteiger partial charge in [-0.2, -0.15) is 0 Å². The minimum atomic E-state index is 0. The van der Waals surface area contributed by atoms with Gasteiger partial charge in [0.05, 0.1) is 11.4 Å². The first kappa shape index (κ1) is 38.2. The van der Waals surface area contributed by atoms with Crippen LogP contribution in [0.5, 0.6) is 0 Å². The van der Waals surface area contributed by atoms with Gasteiger partial charge in [0.2, 0.25) is 0 Å². The van der Waals surface area contributed by atoms with Crippen molar-refractivity contribution in [2.75, 3.05) is 0 Å². The first-order chi connectivity index (χ1) is 22.8. The van der Waals surface area contributed by atoms with Gasteiger partial charge < -0.3 is 0 Å². The molecule has 6 aromatic rings. The zero-order valence-electron chi connectivity index (χ0n) is 31.6. The van der Waals surface area contributed by atoms with Crippen molar-refractivity contribution in [2.24, 2.45) is 0 Å². The number of rotatable bonds is 6. The van der Waals surface area contributed by atoms with Crippen molar-refractivity contribution in [3.63, 3.8) is 0 Å². The second kappa shape index (κ2) is 15.9. The van der Waals surface area contributed by atoms with E-state index in [2.05, 4.69) is 168 Å². The van der Waals surface area contributed by atoms with E-state index in [-0.39, 0.29) is 20.1 Å². The molecule has 2 aromatic heterocycles. The maximum absolute atomic E-state index is 5.19. The molecule has 0 N–H and O–H groups in total. The van der Waals surface area contributed by atoms with Crippen molar-refractivity contribution in [3.8, 4) is 22.5 Å². The molecular formula is C46H54IrN2. The van der Waals surface area contributed by atoms with Crippen molar-refractivity contribution in [2.45, 2.75) is 107 Å². The summed E-state index contributed by atoms with van der Waals surface area (Å²) in [6.45, 7) is 26.8. The molecule has 0 aliphatic rings. The van der Waals surface area contributed by atoms with Crippen LogP contribution in [0.15, 0.2) is 84.9 Å². The molecule has 3 heteroatoms. The third kappa shape index (κ3) is 7.59. The Hall–Kier alpha value is -3.65. The fourth-order valence-corrected chi connectivity index (χ4v) is 7.13. The molecule has 0 saturated heterocycles. The van der Waals surface area contributed by atoms with Gasteiger partial charge in [0.1, 0.15) is 0 Å². The molecule has 0 spiro atoms. The average Bonchev–Trinajstić information content (AvgIpc) is 3.05. The summed E-state index contributed by atoms with van der Waals surface area (Å²) in [6, 6.07) is 30.5. The van der Waals surface area contributed by atoms with Gasteiger partial charge in [0.25, 0.3) is 0 Å². The number of aryl methyl sites for hydroxylation is 2. The van der Waals surface area contributed by atoms with Crippen molar-refractivity contribution in [1.29, 1.82) is 0 Å². The van der Waals surface area contributed by atoms with Crippen LogP contribution in [-0.4, -0.2) is 9.97 Å². The van der Waals surface area contributed by atoms with Gasteiger partial charge in [-0.1, -0.05) is 140 Å². The molecule has 0 saturated carbocycles. The number of nitrogens with zero attached hydrogens (tertiary/aromatic N) is 2. The number of benzene rings is 4. The Bertz CT molecular complexity index is 1930. The summed E-state index contributed by atoms with van der Waals surface area (Å²) in [4.78, 5) is 10.4. The van der Waals surface area contributed by atoms with Gasteiger partial charge in [-0.25, -0.2) is 0 Å². The molecule has 0 bridgehead atoms. The molecule has 0 amide bonds. The summed E-state index contributed by atoms with van der Waals surface area (Å²) >= 11 is 0. The molecule has 4 aromatic carbocycles. The second-order valence-corrected chi connectivity index (χ2v) is 14.7. The molecule has 2 nitrogen and oxygen atoms in total. The van der Waals surface area contributed by atoms with Crippen LogP contribution in [0.2, 0.25) is 0 Å². The van der Waals surface area contributed by atoms with Crippen molar-refractivity contribution >= 4 is 21.5 Å². The fourth-order valence-electron chi connectivity index (χ4n) is 7.13. The normalized spacial score (nSPS) is 11.4. The summed E-state index contributed by atoms with van der Waals surface area (Å²) in [5.41, 5.74) is 15.3. The Balaban J connectivity index is 0.000000216. The monoisotopic (exact) mass is 827 g/mol. The van der Waals surface area contributed by atoms with E-state index in [0.717, 1.165) is 11.4 Å². The van der Waals surface area contributed by atoms with E-state index < -0.39 is 0 Å². The third-order valence-corrected chi connectivity index (χ3v) is 9.93. The summed E-state index contributed by atoms with van der Waals surface area (Å²) in [5.74, 6) is 1.76. The molecule has 1 radical (unpaired) electrons. The van der Waals surface area contributed by atoms with Crippen LogP contribution in [0.1, 0.15) is 124 Å². The zero-order chi connectivity index (χ0) is 34.9. The molecule has 49 heavy (non-hydrogen) atoms. The Morgan fingerprint density at radius 2 is 0.714 bits per heavy atom. The summed E-state index contributed by atoms with van der Waals surface area (Å²) < 4.78 is 0. The molecule has 6 rings (SSSR count). The van der Waals surface area contributed by atoms with E-state index in [9.17, 15) is 0 Å². The molecular weight excluding hydrogens is 773 g/mol. The Kier molecular flexibility index (Phi) is 12.4. The van der Waals surface area contributed by atoms with E-state index in [1.165, 1.54) is 77.4 Å². The first-order valence-corrected chi connectivity index (χ1v) is 17.8.